The predicted molar refractivity (Wildman–Crippen MR) is 101 cm³/mol. The molecule has 0 aliphatic heterocycles. The van der Waals surface area contributed by atoms with Crippen molar-refractivity contribution in [1.29, 1.82) is 0 Å². The Morgan fingerprint density at radius 1 is 0.533 bits per heavy atom. The van der Waals surface area contributed by atoms with Crippen molar-refractivity contribution in [1.82, 2.24) is 0 Å². The van der Waals surface area contributed by atoms with Crippen molar-refractivity contribution in [3.8, 4) is 0 Å². The van der Waals surface area contributed by atoms with Gasteiger partial charge in [-0.2, -0.15) is 0 Å². The summed E-state index contributed by atoms with van der Waals surface area (Å²) in [4.78, 5) is 0. The Hall–Kier alpha value is -0.611. The van der Waals surface area contributed by atoms with Crippen LogP contribution in [0.2, 0.25) is 17.7 Å². The first kappa shape index (κ1) is 27.4. The van der Waals surface area contributed by atoms with E-state index in [0.29, 0.717) is 10.9 Å². The Balaban J connectivity index is 2.94. The summed E-state index contributed by atoms with van der Waals surface area (Å²) in [5.41, 5.74) is 0.904. The van der Waals surface area contributed by atoms with Gasteiger partial charge in [0.1, 0.15) is 0 Å². The summed E-state index contributed by atoms with van der Waals surface area (Å²) in [6, 6.07) is 8.98. The molecular weight excluding hydrogens is 530 g/mol. The van der Waals surface area contributed by atoms with E-state index in [1.807, 2.05) is 12.1 Å². The second kappa shape index (κ2) is 11.9. The summed E-state index contributed by atoms with van der Waals surface area (Å²) in [5.74, 6) is 0. The fourth-order valence-electron chi connectivity index (χ4n) is 3.80. The Morgan fingerprint density at radius 2 is 0.900 bits per heavy atom. The van der Waals surface area contributed by atoms with Crippen LogP contribution in [-0.2, 0) is 6.42 Å². The minimum absolute atomic E-state index is 0.163. The van der Waals surface area contributed by atoms with Crippen LogP contribution in [0.3, 0.4) is 0 Å². The van der Waals surface area contributed by atoms with E-state index in [9.17, 15) is 39.5 Å². The van der Waals surface area contributed by atoms with Gasteiger partial charge in [0.15, 0.2) is 0 Å². The zero-order valence-electron chi connectivity index (χ0n) is 16.6. The van der Waals surface area contributed by atoms with Gasteiger partial charge in [-0.1, -0.05) is 0 Å². The summed E-state index contributed by atoms with van der Waals surface area (Å²) in [6.45, 7) is 0. The molecule has 0 atom stereocenters. The molecular formula is C20H27F9Sn. The maximum absolute atomic E-state index is 12.6. The third kappa shape index (κ3) is 13.6. The zero-order valence-corrected chi connectivity index (χ0v) is 19.4. The standard InChI is InChI=1S/C8H9.3C4H6F3.Sn/c1-2-8-6-4-3-5-7-8;3*1-2-3-4(5,6)7;/h3-7H,1-2H2;3*1-3H2;. The second-order valence-electron chi connectivity index (χ2n) is 7.89. The number of aryl methyl sites for hydroxylation is 1. The Kier molecular flexibility index (Phi) is 10.8. The van der Waals surface area contributed by atoms with Gasteiger partial charge in [-0.05, 0) is 0 Å². The van der Waals surface area contributed by atoms with Crippen LogP contribution in [-0.4, -0.2) is 36.9 Å². The predicted octanol–water partition coefficient (Wildman–Crippen LogP) is 8.71. The zero-order chi connectivity index (χ0) is 22.9. The quantitative estimate of drug-likeness (QED) is 0.178. The van der Waals surface area contributed by atoms with E-state index < -0.39 is 56.2 Å². The molecule has 0 amide bonds. The van der Waals surface area contributed by atoms with Crippen LogP contribution in [0.5, 0.6) is 0 Å². The van der Waals surface area contributed by atoms with Gasteiger partial charge in [0.05, 0.1) is 0 Å². The average molecular weight is 557 g/mol. The third-order valence-corrected chi connectivity index (χ3v) is 21.1. The molecule has 0 aliphatic rings. The summed E-state index contributed by atoms with van der Waals surface area (Å²) in [7, 11) is 0. The molecule has 0 spiro atoms. The summed E-state index contributed by atoms with van der Waals surface area (Å²) in [6.07, 6.45) is -16.4. The summed E-state index contributed by atoms with van der Waals surface area (Å²) >= 11 is -3.69. The molecule has 0 nitrogen and oxygen atoms in total. The molecule has 0 aliphatic carbocycles. The van der Waals surface area contributed by atoms with Gasteiger partial charge in [0.2, 0.25) is 0 Å². The first-order chi connectivity index (χ1) is 13.7. The number of alkyl halides is 9. The van der Waals surface area contributed by atoms with Crippen molar-refractivity contribution in [2.45, 2.75) is 81.2 Å². The summed E-state index contributed by atoms with van der Waals surface area (Å²) < 4.78 is 115. The maximum atomic E-state index is 12.6. The van der Waals surface area contributed by atoms with E-state index in [-0.39, 0.29) is 32.6 Å². The Bertz CT molecular complexity index is 541. The third-order valence-electron chi connectivity index (χ3n) is 5.29. The van der Waals surface area contributed by atoms with E-state index in [2.05, 4.69) is 0 Å². The molecule has 0 radical (unpaired) electrons. The molecule has 30 heavy (non-hydrogen) atoms. The van der Waals surface area contributed by atoms with E-state index in [0.717, 1.165) is 5.56 Å². The van der Waals surface area contributed by atoms with Gasteiger partial charge in [-0.15, -0.1) is 0 Å². The van der Waals surface area contributed by atoms with Gasteiger partial charge in [-0.25, -0.2) is 0 Å². The molecule has 0 bridgehead atoms. The van der Waals surface area contributed by atoms with Crippen LogP contribution in [0.15, 0.2) is 30.3 Å². The molecule has 0 N–H and O–H groups in total. The van der Waals surface area contributed by atoms with Crippen LogP contribution in [0.4, 0.5) is 39.5 Å². The van der Waals surface area contributed by atoms with Gasteiger partial charge < -0.3 is 0 Å². The minimum atomic E-state index is -4.38. The second-order valence-corrected chi connectivity index (χ2v) is 22.2. The fraction of sp³-hybridized carbons (Fsp3) is 0.700. The molecule has 10 heteroatoms. The molecule has 0 aromatic heterocycles. The van der Waals surface area contributed by atoms with Crippen molar-refractivity contribution < 1.29 is 39.5 Å². The summed E-state index contributed by atoms with van der Waals surface area (Å²) in [5, 5.41) is 0. The van der Waals surface area contributed by atoms with Crippen molar-refractivity contribution in [3.63, 3.8) is 0 Å². The molecule has 174 valence electrons. The van der Waals surface area contributed by atoms with Crippen LogP contribution < -0.4 is 0 Å². The molecule has 0 unspecified atom stereocenters. The normalized spacial score (nSPS) is 13.6. The van der Waals surface area contributed by atoms with E-state index >= 15 is 0 Å². The number of rotatable bonds is 12. The van der Waals surface area contributed by atoms with E-state index in [4.69, 9.17) is 0 Å². The van der Waals surface area contributed by atoms with E-state index in [1.165, 1.54) is 0 Å². The van der Waals surface area contributed by atoms with E-state index in [1.54, 1.807) is 18.2 Å². The first-order valence-electron chi connectivity index (χ1n) is 9.94. The average Bonchev–Trinajstić information content (AvgIpc) is 2.57. The molecule has 1 aromatic rings. The number of hydrogen-bond acceptors (Lipinski definition) is 0. The van der Waals surface area contributed by atoms with Crippen LogP contribution in [0, 0.1) is 0 Å². The van der Waals surface area contributed by atoms with Crippen molar-refractivity contribution in [2.24, 2.45) is 0 Å². The Labute approximate surface area is 175 Å². The molecule has 0 fully saturated rings. The SMILES string of the molecule is FC(F)(F)CC[CH2][Sn]([CH2]CCC(F)(F)F)([CH2]CCC(F)(F)F)[CH2]Cc1ccccc1. The number of benzene rings is 1. The number of hydrogen-bond donors (Lipinski definition) is 0. The molecule has 0 saturated carbocycles. The van der Waals surface area contributed by atoms with Crippen LogP contribution >= 0.6 is 0 Å². The van der Waals surface area contributed by atoms with Gasteiger partial charge in [0, 0.05) is 0 Å². The van der Waals surface area contributed by atoms with Crippen molar-refractivity contribution >= 4 is 18.4 Å². The molecule has 1 rings (SSSR count). The first-order valence-corrected chi connectivity index (χ1v) is 18.0. The van der Waals surface area contributed by atoms with Crippen molar-refractivity contribution in [3.05, 3.63) is 35.9 Å². The van der Waals surface area contributed by atoms with Crippen LogP contribution in [0.1, 0.15) is 44.1 Å². The van der Waals surface area contributed by atoms with Gasteiger partial charge >= 0.3 is 175 Å². The van der Waals surface area contributed by atoms with Crippen molar-refractivity contribution in [2.75, 3.05) is 0 Å². The topological polar surface area (TPSA) is 0 Å². The molecule has 0 heterocycles. The Morgan fingerprint density at radius 3 is 1.23 bits per heavy atom. The molecule has 0 saturated heterocycles. The fourth-order valence-corrected chi connectivity index (χ4v) is 18.3. The van der Waals surface area contributed by atoms with Crippen LogP contribution in [0.25, 0.3) is 0 Å². The van der Waals surface area contributed by atoms with Gasteiger partial charge in [-0.3, -0.25) is 0 Å². The van der Waals surface area contributed by atoms with Gasteiger partial charge in [0.25, 0.3) is 0 Å². The monoisotopic (exact) mass is 558 g/mol. The molecule has 1 aromatic carbocycles. The number of halogens is 9.